The Labute approximate surface area is 176 Å². The summed E-state index contributed by atoms with van der Waals surface area (Å²) in [6.45, 7) is 3.96. The molecule has 9 heteroatoms. The molecule has 0 bridgehead atoms. The van der Waals surface area contributed by atoms with Gasteiger partial charge in [0.1, 0.15) is 11.5 Å². The number of rotatable bonds is 2. The third kappa shape index (κ3) is 3.33. The van der Waals surface area contributed by atoms with Crippen LogP contribution in [0.4, 0.5) is 5.82 Å². The summed E-state index contributed by atoms with van der Waals surface area (Å²) in [7, 11) is 0. The third-order valence-corrected chi connectivity index (χ3v) is 7.62. The molecule has 150 valence electrons. The lowest BCUT2D eigenvalue weighted by atomic mass is 9.82. The summed E-state index contributed by atoms with van der Waals surface area (Å²) in [6, 6.07) is 2.20. The van der Waals surface area contributed by atoms with Crippen LogP contribution >= 0.6 is 22.7 Å². The van der Waals surface area contributed by atoms with E-state index in [1.807, 2.05) is 17.2 Å². The highest BCUT2D eigenvalue weighted by molar-refractivity contribution is 7.15. The normalized spacial score (nSPS) is 18.0. The van der Waals surface area contributed by atoms with Crippen LogP contribution < -0.4 is 5.73 Å². The number of likely N-dealkylation sites (tertiary alicyclic amines) is 1. The summed E-state index contributed by atoms with van der Waals surface area (Å²) in [5.41, 5.74) is 7.98. The van der Waals surface area contributed by atoms with E-state index < -0.39 is 0 Å². The topological polar surface area (TPSA) is 94.2 Å². The van der Waals surface area contributed by atoms with Crippen molar-refractivity contribution < 1.29 is 9.53 Å². The molecule has 0 atom stereocenters. The number of nitrogens with two attached hydrogens (primary N) is 1. The predicted molar refractivity (Wildman–Crippen MR) is 113 cm³/mol. The Morgan fingerprint density at radius 1 is 1.28 bits per heavy atom. The van der Waals surface area contributed by atoms with E-state index in [4.69, 9.17) is 10.5 Å². The van der Waals surface area contributed by atoms with E-state index in [1.165, 1.54) is 21.8 Å². The van der Waals surface area contributed by atoms with Gasteiger partial charge in [-0.05, 0) is 31.4 Å². The summed E-state index contributed by atoms with van der Waals surface area (Å²) >= 11 is 3.27. The molecule has 5 rings (SSSR count). The van der Waals surface area contributed by atoms with E-state index in [2.05, 4.69) is 21.0 Å². The minimum atomic E-state index is -0.321. The molecule has 29 heavy (non-hydrogen) atoms. The van der Waals surface area contributed by atoms with E-state index in [-0.39, 0.29) is 11.5 Å². The van der Waals surface area contributed by atoms with Crippen LogP contribution in [-0.2, 0) is 16.8 Å². The van der Waals surface area contributed by atoms with Crippen molar-refractivity contribution in [3.63, 3.8) is 0 Å². The van der Waals surface area contributed by atoms with Gasteiger partial charge in [-0.15, -0.1) is 22.7 Å². The lowest BCUT2D eigenvalue weighted by Gasteiger charge is -2.43. The largest absolute Gasteiger partial charge is 0.382 e. The molecule has 0 radical (unpaired) electrons. The van der Waals surface area contributed by atoms with Gasteiger partial charge in [0.25, 0.3) is 5.91 Å². The second kappa shape index (κ2) is 7.16. The first-order valence-corrected chi connectivity index (χ1v) is 11.3. The molecule has 0 aliphatic carbocycles. The number of carbonyl (C=O) groups excluding carboxylic acids is 1. The highest BCUT2D eigenvalue weighted by Crippen LogP contribution is 2.46. The molecule has 0 saturated carbocycles. The Morgan fingerprint density at radius 2 is 2.10 bits per heavy atom. The summed E-state index contributed by atoms with van der Waals surface area (Å²) in [5, 5.41) is 2.76. The lowest BCUT2D eigenvalue weighted by molar-refractivity contribution is -0.0926. The maximum atomic E-state index is 12.8. The number of nitrogens with zero attached hydrogens (tertiary/aromatic N) is 4. The van der Waals surface area contributed by atoms with Crippen LogP contribution in [0.25, 0.3) is 10.6 Å². The number of thiazole rings is 1. The fourth-order valence-electron chi connectivity index (χ4n) is 4.12. The monoisotopic (exact) mass is 427 g/mol. The average molecular weight is 428 g/mol. The second-order valence-corrected chi connectivity index (χ2v) is 9.61. The zero-order valence-electron chi connectivity index (χ0n) is 16.1. The van der Waals surface area contributed by atoms with Crippen molar-refractivity contribution in [2.75, 3.05) is 25.4 Å². The Morgan fingerprint density at radius 3 is 2.79 bits per heavy atom. The Bertz CT molecular complexity index is 1050. The van der Waals surface area contributed by atoms with E-state index in [0.29, 0.717) is 31.2 Å². The van der Waals surface area contributed by atoms with Gasteiger partial charge >= 0.3 is 0 Å². The van der Waals surface area contributed by atoms with Gasteiger partial charge in [0.05, 0.1) is 40.2 Å². The maximum absolute atomic E-state index is 12.8. The van der Waals surface area contributed by atoms with Gasteiger partial charge in [0.2, 0.25) is 0 Å². The van der Waals surface area contributed by atoms with Crippen molar-refractivity contribution in [3.8, 4) is 10.6 Å². The van der Waals surface area contributed by atoms with Gasteiger partial charge < -0.3 is 15.4 Å². The molecule has 7 nitrogen and oxygen atoms in total. The average Bonchev–Trinajstić information content (AvgIpc) is 3.36. The molecular formula is C20H21N5O2S2. The van der Waals surface area contributed by atoms with Gasteiger partial charge in [0.15, 0.2) is 0 Å². The molecule has 1 spiro atoms. The van der Waals surface area contributed by atoms with Crippen LogP contribution in [0.2, 0.25) is 0 Å². The number of aryl methyl sites for hydroxylation is 1. The molecule has 3 aromatic rings. The van der Waals surface area contributed by atoms with E-state index in [9.17, 15) is 4.79 Å². The molecule has 3 aromatic heterocycles. The van der Waals surface area contributed by atoms with E-state index in [1.54, 1.807) is 23.7 Å². The Balaban J connectivity index is 1.38. The lowest BCUT2D eigenvalue weighted by Crippen LogP contribution is -2.48. The van der Waals surface area contributed by atoms with Crippen LogP contribution in [0, 0.1) is 6.92 Å². The van der Waals surface area contributed by atoms with E-state index in [0.717, 1.165) is 34.8 Å². The van der Waals surface area contributed by atoms with Gasteiger partial charge in [-0.25, -0.2) is 15.0 Å². The fraction of sp³-hybridized carbons (Fsp3) is 0.400. The van der Waals surface area contributed by atoms with Crippen molar-refractivity contribution in [2.24, 2.45) is 0 Å². The van der Waals surface area contributed by atoms with Gasteiger partial charge in [-0.2, -0.15) is 0 Å². The number of ether oxygens (including phenoxy) is 1. The number of nitrogen functional groups attached to an aromatic ring is 1. The van der Waals surface area contributed by atoms with Gasteiger partial charge in [-0.3, -0.25) is 4.79 Å². The van der Waals surface area contributed by atoms with Crippen molar-refractivity contribution >= 4 is 34.4 Å². The van der Waals surface area contributed by atoms with Crippen molar-refractivity contribution in [3.05, 3.63) is 45.0 Å². The summed E-state index contributed by atoms with van der Waals surface area (Å²) in [5.74, 6) is 0.436. The predicted octanol–water partition coefficient (Wildman–Crippen LogP) is 3.26. The maximum Gasteiger partial charge on any atom is 0.273 e. The molecule has 2 aliphatic heterocycles. The second-order valence-electron chi connectivity index (χ2n) is 7.41. The SMILES string of the molecule is Cc1nc(C(=O)N2CCC3(CC2)OCCc2sc(-c4cnc(N)cn4)cc23)cs1. The number of aromatic nitrogens is 3. The zero-order chi connectivity index (χ0) is 20.0. The van der Waals surface area contributed by atoms with E-state index >= 15 is 0 Å². The molecule has 2 N–H and O–H groups in total. The number of anilines is 1. The molecule has 0 unspecified atom stereocenters. The standard InChI is InChI=1S/C20H21N5O2S2/c1-12-24-15(11-28-12)19(26)25-5-3-20(4-6-25)13-8-17(29-16(13)2-7-27-20)14-9-23-18(21)10-22-14/h8-11H,2-7H2,1H3,(H2,21,23). The van der Waals surface area contributed by atoms with Crippen molar-refractivity contribution in [1.29, 1.82) is 0 Å². The minimum Gasteiger partial charge on any atom is -0.382 e. The first-order chi connectivity index (χ1) is 14.0. The summed E-state index contributed by atoms with van der Waals surface area (Å²) in [6.07, 6.45) is 5.80. The number of piperidine rings is 1. The number of fused-ring (bicyclic) bond motifs is 2. The molecule has 2 aliphatic rings. The smallest absolute Gasteiger partial charge is 0.273 e. The molecule has 0 aromatic carbocycles. The molecule has 5 heterocycles. The van der Waals surface area contributed by atoms with Crippen molar-refractivity contribution in [1.82, 2.24) is 19.9 Å². The number of hydrogen-bond acceptors (Lipinski definition) is 8. The first kappa shape index (κ1) is 18.7. The van der Waals surface area contributed by atoms with Crippen LogP contribution in [-0.4, -0.2) is 45.5 Å². The molecule has 1 saturated heterocycles. The highest BCUT2D eigenvalue weighted by Gasteiger charge is 2.43. The number of amides is 1. The summed E-state index contributed by atoms with van der Waals surface area (Å²) < 4.78 is 6.34. The summed E-state index contributed by atoms with van der Waals surface area (Å²) in [4.78, 5) is 30.0. The van der Waals surface area contributed by atoms with Crippen LogP contribution in [0.1, 0.15) is 38.8 Å². The van der Waals surface area contributed by atoms with Crippen LogP contribution in [0.3, 0.4) is 0 Å². The van der Waals surface area contributed by atoms with Gasteiger partial charge in [-0.1, -0.05) is 0 Å². The van der Waals surface area contributed by atoms with Crippen molar-refractivity contribution in [2.45, 2.75) is 31.8 Å². The van der Waals surface area contributed by atoms with Crippen LogP contribution in [0.5, 0.6) is 0 Å². The zero-order valence-corrected chi connectivity index (χ0v) is 17.7. The third-order valence-electron chi connectivity index (χ3n) is 5.63. The Kier molecular flexibility index (Phi) is 4.60. The highest BCUT2D eigenvalue weighted by atomic mass is 32.1. The molecular weight excluding hydrogens is 406 g/mol. The fourth-order valence-corrected chi connectivity index (χ4v) is 5.90. The minimum absolute atomic E-state index is 0.0170. The number of hydrogen-bond donors (Lipinski definition) is 1. The van der Waals surface area contributed by atoms with Crippen LogP contribution in [0.15, 0.2) is 23.8 Å². The number of thiophene rings is 1. The molecule has 1 amide bonds. The number of carbonyl (C=O) groups is 1. The first-order valence-electron chi connectivity index (χ1n) is 9.60. The Hall–Kier alpha value is -2.36. The van der Waals surface area contributed by atoms with Gasteiger partial charge in [0, 0.05) is 29.8 Å². The molecule has 1 fully saturated rings. The quantitative estimate of drug-likeness (QED) is 0.675.